The molecule has 1 unspecified atom stereocenters. The SMILES string of the molecule is C#CC(Cc1ccccc1-c1ccc2c(c1)CCC(=C)C2=NC=C)c1ccccc1-c1ccc2c(c1)CCc1cccnc1-2. The molecule has 0 amide bonds. The van der Waals surface area contributed by atoms with Gasteiger partial charge in [0.25, 0.3) is 0 Å². The molecule has 7 rings (SSSR count). The van der Waals surface area contributed by atoms with E-state index in [1.54, 1.807) is 6.20 Å². The standard InChI is InChI=1S/C42H34N2/c1-4-29(25-31-11-6-7-13-36(31)32-20-22-39-34(26-32)17-16-28(3)41(39)43-5-2)37-14-8-9-15-38(37)33-21-23-40-35(27-33)19-18-30-12-10-24-44-42(30)40/h1,5-15,20-24,26-27,29H,2-3,16-19,25H2. The lowest BCUT2D eigenvalue weighted by molar-refractivity contribution is 0.866. The first-order valence-electron chi connectivity index (χ1n) is 15.4. The van der Waals surface area contributed by atoms with E-state index in [1.807, 2.05) is 12.3 Å². The fourth-order valence-corrected chi connectivity index (χ4v) is 6.92. The summed E-state index contributed by atoms with van der Waals surface area (Å²) in [5.41, 5.74) is 16.8. The molecule has 0 fully saturated rings. The fraction of sp³-hybridized carbons (Fsp3) is 0.143. The highest BCUT2D eigenvalue weighted by Crippen LogP contribution is 2.38. The molecule has 1 heterocycles. The number of rotatable bonds is 6. The van der Waals surface area contributed by atoms with Crippen molar-refractivity contribution >= 4 is 5.71 Å². The van der Waals surface area contributed by atoms with Gasteiger partial charge in [0.2, 0.25) is 0 Å². The summed E-state index contributed by atoms with van der Waals surface area (Å²) in [6, 6.07) is 35.0. The molecule has 212 valence electrons. The number of benzene rings is 4. The molecule has 0 spiro atoms. The molecule has 1 aromatic heterocycles. The fourth-order valence-electron chi connectivity index (χ4n) is 6.92. The van der Waals surface area contributed by atoms with Gasteiger partial charge in [-0.1, -0.05) is 110 Å². The third-order valence-corrected chi connectivity index (χ3v) is 9.13. The van der Waals surface area contributed by atoms with Crippen molar-refractivity contribution in [1.82, 2.24) is 4.98 Å². The third-order valence-electron chi connectivity index (χ3n) is 9.13. The third kappa shape index (κ3) is 5.01. The number of aryl methyl sites for hydroxylation is 3. The first-order valence-corrected chi connectivity index (χ1v) is 15.4. The van der Waals surface area contributed by atoms with Gasteiger partial charge in [-0.2, -0.15) is 0 Å². The summed E-state index contributed by atoms with van der Waals surface area (Å²) in [7, 11) is 0. The van der Waals surface area contributed by atoms with Crippen molar-refractivity contribution in [3.05, 3.63) is 162 Å². The lowest BCUT2D eigenvalue weighted by Crippen LogP contribution is -2.14. The molecule has 0 N–H and O–H groups in total. The number of hydrogen-bond acceptors (Lipinski definition) is 2. The van der Waals surface area contributed by atoms with E-state index in [-0.39, 0.29) is 5.92 Å². The van der Waals surface area contributed by atoms with E-state index in [1.165, 1.54) is 55.6 Å². The number of aromatic nitrogens is 1. The summed E-state index contributed by atoms with van der Waals surface area (Å²) in [6.07, 6.45) is 14.5. The van der Waals surface area contributed by atoms with Gasteiger partial charge in [0.15, 0.2) is 0 Å². The lowest BCUT2D eigenvalue weighted by Gasteiger charge is -2.22. The maximum Gasteiger partial charge on any atom is 0.0736 e. The van der Waals surface area contributed by atoms with Gasteiger partial charge in [-0.15, -0.1) is 6.42 Å². The van der Waals surface area contributed by atoms with Crippen molar-refractivity contribution in [3.63, 3.8) is 0 Å². The molecule has 0 saturated carbocycles. The summed E-state index contributed by atoms with van der Waals surface area (Å²) < 4.78 is 0. The number of allylic oxidation sites excluding steroid dienone is 1. The molecule has 0 bridgehead atoms. The van der Waals surface area contributed by atoms with E-state index in [9.17, 15) is 0 Å². The zero-order valence-corrected chi connectivity index (χ0v) is 24.9. The average Bonchev–Trinajstić information content (AvgIpc) is 3.08. The van der Waals surface area contributed by atoms with Crippen molar-refractivity contribution in [2.24, 2.45) is 4.99 Å². The Morgan fingerprint density at radius 1 is 0.750 bits per heavy atom. The van der Waals surface area contributed by atoms with Gasteiger partial charge in [0, 0.05) is 29.4 Å². The van der Waals surface area contributed by atoms with Crippen LogP contribution in [0.4, 0.5) is 0 Å². The monoisotopic (exact) mass is 566 g/mol. The predicted octanol–water partition coefficient (Wildman–Crippen LogP) is 9.58. The normalized spacial score (nSPS) is 15.1. The summed E-state index contributed by atoms with van der Waals surface area (Å²) in [6.45, 7) is 8.04. The van der Waals surface area contributed by atoms with Gasteiger partial charge in [-0.25, -0.2) is 0 Å². The molecule has 1 atom stereocenters. The Balaban J connectivity index is 1.23. The van der Waals surface area contributed by atoms with Crippen LogP contribution >= 0.6 is 0 Å². The molecule has 2 aliphatic rings. The van der Waals surface area contributed by atoms with Crippen LogP contribution < -0.4 is 0 Å². The minimum absolute atomic E-state index is 0.0712. The topological polar surface area (TPSA) is 25.2 Å². The molecule has 5 aromatic rings. The van der Waals surface area contributed by atoms with Gasteiger partial charge in [-0.3, -0.25) is 9.98 Å². The van der Waals surface area contributed by atoms with E-state index in [0.29, 0.717) is 0 Å². The summed E-state index contributed by atoms with van der Waals surface area (Å²) >= 11 is 0. The van der Waals surface area contributed by atoms with Gasteiger partial charge in [-0.05, 0) is 93.8 Å². The van der Waals surface area contributed by atoms with Gasteiger partial charge in [0.1, 0.15) is 0 Å². The van der Waals surface area contributed by atoms with Crippen LogP contribution in [0.15, 0.2) is 133 Å². The number of aliphatic imine (C=N–C) groups is 1. The van der Waals surface area contributed by atoms with Crippen LogP contribution in [0.3, 0.4) is 0 Å². The summed E-state index contributed by atoms with van der Waals surface area (Å²) in [5, 5.41) is 0. The van der Waals surface area contributed by atoms with Crippen molar-refractivity contribution < 1.29 is 0 Å². The van der Waals surface area contributed by atoms with Crippen LogP contribution in [0.5, 0.6) is 0 Å². The van der Waals surface area contributed by atoms with Crippen LogP contribution in [0, 0.1) is 12.3 Å². The zero-order valence-electron chi connectivity index (χ0n) is 24.9. The maximum atomic E-state index is 6.31. The minimum atomic E-state index is -0.0712. The van der Waals surface area contributed by atoms with Crippen molar-refractivity contribution in [1.29, 1.82) is 0 Å². The first kappa shape index (κ1) is 27.6. The van der Waals surface area contributed by atoms with Crippen molar-refractivity contribution in [2.45, 2.75) is 38.0 Å². The van der Waals surface area contributed by atoms with E-state index in [2.05, 4.69) is 115 Å². The molecule has 4 aromatic carbocycles. The van der Waals surface area contributed by atoms with E-state index in [4.69, 9.17) is 11.4 Å². The van der Waals surface area contributed by atoms with Crippen LogP contribution in [0.2, 0.25) is 0 Å². The highest BCUT2D eigenvalue weighted by Gasteiger charge is 2.22. The van der Waals surface area contributed by atoms with Crippen LogP contribution in [0.1, 0.15) is 45.7 Å². The lowest BCUT2D eigenvalue weighted by atomic mass is 9.82. The Morgan fingerprint density at radius 3 is 2.25 bits per heavy atom. The Morgan fingerprint density at radius 2 is 1.43 bits per heavy atom. The maximum absolute atomic E-state index is 6.31. The van der Waals surface area contributed by atoms with Crippen LogP contribution in [0.25, 0.3) is 33.5 Å². The van der Waals surface area contributed by atoms with Crippen molar-refractivity contribution in [2.75, 3.05) is 0 Å². The molecule has 2 aliphatic carbocycles. The Labute approximate surface area is 260 Å². The van der Waals surface area contributed by atoms with Gasteiger partial charge in [0.05, 0.1) is 11.4 Å². The molecular formula is C42H34N2. The summed E-state index contributed by atoms with van der Waals surface area (Å²) in [4.78, 5) is 9.23. The first-order chi connectivity index (χ1) is 21.6. The number of fused-ring (bicyclic) bond motifs is 4. The molecule has 44 heavy (non-hydrogen) atoms. The smallest absolute Gasteiger partial charge is 0.0736 e. The molecular weight excluding hydrogens is 532 g/mol. The largest absolute Gasteiger partial charge is 0.257 e. The highest BCUT2D eigenvalue weighted by atomic mass is 14.7. The predicted molar refractivity (Wildman–Crippen MR) is 184 cm³/mol. The quantitative estimate of drug-likeness (QED) is 0.188. The second kappa shape index (κ2) is 11.8. The molecule has 0 saturated heterocycles. The van der Waals surface area contributed by atoms with Gasteiger partial charge < -0.3 is 0 Å². The molecule has 0 aliphatic heterocycles. The Hall–Kier alpha value is -5.26. The van der Waals surface area contributed by atoms with E-state index < -0.39 is 0 Å². The molecule has 0 radical (unpaired) electrons. The highest BCUT2D eigenvalue weighted by molar-refractivity contribution is 6.14. The van der Waals surface area contributed by atoms with Crippen molar-refractivity contribution in [3.8, 4) is 45.9 Å². The van der Waals surface area contributed by atoms with E-state index in [0.717, 1.165) is 54.6 Å². The van der Waals surface area contributed by atoms with Crippen LogP contribution in [-0.2, 0) is 25.7 Å². The van der Waals surface area contributed by atoms with Crippen LogP contribution in [-0.4, -0.2) is 10.7 Å². The number of terminal acetylenes is 1. The number of nitrogens with zero attached hydrogens (tertiary/aromatic N) is 2. The molecule has 2 nitrogen and oxygen atoms in total. The summed E-state index contributed by atoms with van der Waals surface area (Å²) in [5.74, 6) is 3.09. The number of pyridine rings is 1. The minimum Gasteiger partial charge on any atom is -0.257 e. The second-order valence-electron chi connectivity index (χ2n) is 11.7. The Bertz CT molecular complexity index is 2000. The van der Waals surface area contributed by atoms with Gasteiger partial charge >= 0.3 is 0 Å². The Kier molecular flexibility index (Phi) is 7.38. The second-order valence-corrected chi connectivity index (χ2v) is 11.7. The number of hydrogen-bond donors (Lipinski definition) is 0. The molecule has 2 heteroatoms. The van der Waals surface area contributed by atoms with E-state index >= 15 is 0 Å². The zero-order chi connectivity index (χ0) is 30.0. The average molecular weight is 567 g/mol.